The zero-order valence-corrected chi connectivity index (χ0v) is 16.1. The highest BCUT2D eigenvalue weighted by Crippen LogP contribution is 2.30. The van der Waals surface area contributed by atoms with Crippen LogP contribution in [0.5, 0.6) is 11.5 Å². The monoisotopic (exact) mass is 384 g/mol. The summed E-state index contributed by atoms with van der Waals surface area (Å²) in [4.78, 5) is 12.6. The Balaban J connectivity index is 0.00000338. The Morgan fingerprint density at radius 2 is 2.04 bits per heavy atom. The van der Waals surface area contributed by atoms with Gasteiger partial charge in [0.15, 0.2) is 11.5 Å². The molecular formula is C17H25ClN4O4. The maximum atomic E-state index is 12.6. The van der Waals surface area contributed by atoms with E-state index in [2.05, 4.69) is 15.7 Å². The van der Waals surface area contributed by atoms with E-state index in [0.29, 0.717) is 30.4 Å². The lowest BCUT2D eigenvalue weighted by Gasteiger charge is -2.16. The van der Waals surface area contributed by atoms with Gasteiger partial charge in [-0.25, -0.2) is 0 Å². The van der Waals surface area contributed by atoms with E-state index in [4.69, 9.17) is 14.2 Å². The first-order chi connectivity index (χ1) is 12.1. The molecule has 0 spiro atoms. The van der Waals surface area contributed by atoms with Gasteiger partial charge < -0.3 is 24.8 Å². The normalized spacial score (nSPS) is 11.4. The average molecular weight is 385 g/mol. The smallest absolute Gasteiger partial charge is 0.246 e. The van der Waals surface area contributed by atoms with Crippen LogP contribution in [0.1, 0.15) is 11.6 Å². The topological polar surface area (TPSA) is 86.6 Å². The largest absolute Gasteiger partial charge is 0.493 e. The maximum absolute atomic E-state index is 12.6. The van der Waals surface area contributed by atoms with Crippen molar-refractivity contribution in [2.45, 2.75) is 6.04 Å². The summed E-state index contributed by atoms with van der Waals surface area (Å²) < 4.78 is 17.5. The van der Waals surface area contributed by atoms with Crippen LogP contribution < -0.4 is 20.1 Å². The summed E-state index contributed by atoms with van der Waals surface area (Å²) in [6.45, 7) is 0.849. The number of hydrogen-bond donors (Lipinski definition) is 2. The Kier molecular flexibility index (Phi) is 8.91. The number of benzene rings is 1. The molecule has 9 heteroatoms. The number of likely N-dealkylation sites (N-methyl/N-ethyl adjacent to an activating group) is 1. The number of carbonyl (C=O) groups is 1. The van der Waals surface area contributed by atoms with Crippen molar-refractivity contribution in [3.63, 3.8) is 0 Å². The fourth-order valence-electron chi connectivity index (χ4n) is 2.35. The fraction of sp³-hybridized carbons (Fsp3) is 0.412. The second-order valence-corrected chi connectivity index (χ2v) is 5.37. The van der Waals surface area contributed by atoms with Crippen LogP contribution in [0.15, 0.2) is 30.6 Å². The molecule has 0 aliphatic rings. The van der Waals surface area contributed by atoms with Gasteiger partial charge in [-0.1, -0.05) is 0 Å². The fourth-order valence-corrected chi connectivity index (χ4v) is 2.35. The van der Waals surface area contributed by atoms with Crippen LogP contribution in [0.25, 0.3) is 0 Å². The highest BCUT2D eigenvalue weighted by Gasteiger charge is 2.20. The van der Waals surface area contributed by atoms with Crippen molar-refractivity contribution < 1.29 is 19.0 Å². The molecule has 1 aromatic heterocycles. The molecule has 0 aliphatic heterocycles. The lowest BCUT2D eigenvalue weighted by molar-refractivity contribution is -0.118. The Labute approximate surface area is 159 Å². The van der Waals surface area contributed by atoms with Gasteiger partial charge in [-0.05, 0) is 19.2 Å². The van der Waals surface area contributed by atoms with E-state index in [1.165, 1.54) is 0 Å². The summed E-state index contributed by atoms with van der Waals surface area (Å²) >= 11 is 0. The second kappa shape index (κ2) is 10.6. The molecule has 1 aromatic carbocycles. The Bertz CT molecular complexity index is 708. The number of ether oxygens (including phenoxy) is 3. The predicted octanol–water partition coefficient (Wildman–Crippen LogP) is 1.77. The molecule has 0 bridgehead atoms. The van der Waals surface area contributed by atoms with Crippen molar-refractivity contribution in [2.75, 3.05) is 39.8 Å². The number of nitrogens with zero attached hydrogens (tertiary/aromatic N) is 2. The molecule has 26 heavy (non-hydrogen) atoms. The SMILES string of the molecule is CNC(C(=O)Nc1ccc(OC)c(OCCOC)c1)c1cnn(C)c1.Cl. The first-order valence-corrected chi connectivity index (χ1v) is 7.85. The molecule has 2 aromatic rings. The number of hydrogen-bond acceptors (Lipinski definition) is 6. The van der Waals surface area contributed by atoms with Crippen molar-refractivity contribution in [1.82, 2.24) is 15.1 Å². The molecule has 144 valence electrons. The average Bonchev–Trinajstić information content (AvgIpc) is 3.02. The first kappa shape index (κ1) is 21.8. The van der Waals surface area contributed by atoms with E-state index < -0.39 is 6.04 Å². The quantitative estimate of drug-likeness (QED) is 0.641. The van der Waals surface area contributed by atoms with Gasteiger partial charge >= 0.3 is 0 Å². The van der Waals surface area contributed by atoms with Crippen molar-refractivity contribution in [1.29, 1.82) is 0 Å². The number of aromatic nitrogens is 2. The zero-order chi connectivity index (χ0) is 18.2. The van der Waals surface area contributed by atoms with Crippen molar-refractivity contribution in [3.8, 4) is 11.5 Å². The molecule has 0 fully saturated rings. The zero-order valence-electron chi connectivity index (χ0n) is 15.3. The molecule has 2 rings (SSSR count). The molecule has 1 atom stereocenters. The molecular weight excluding hydrogens is 360 g/mol. The number of amides is 1. The summed E-state index contributed by atoms with van der Waals surface area (Å²) in [7, 11) is 6.70. The van der Waals surface area contributed by atoms with Crippen LogP contribution >= 0.6 is 12.4 Å². The van der Waals surface area contributed by atoms with E-state index >= 15 is 0 Å². The Hall–Kier alpha value is -2.29. The van der Waals surface area contributed by atoms with Crippen LogP contribution in [0.2, 0.25) is 0 Å². The third-order valence-corrected chi connectivity index (χ3v) is 3.59. The number of methoxy groups -OCH3 is 2. The number of aryl methyl sites for hydroxylation is 1. The maximum Gasteiger partial charge on any atom is 0.246 e. The highest BCUT2D eigenvalue weighted by molar-refractivity contribution is 5.95. The van der Waals surface area contributed by atoms with Crippen LogP contribution in [0.3, 0.4) is 0 Å². The summed E-state index contributed by atoms with van der Waals surface area (Å²) in [5.74, 6) is 0.940. The lowest BCUT2D eigenvalue weighted by atomic mass is 10.1. The number of nitrogens with one attached hydrogen (secondary N) is 2. The highest BCUT2D eigenvalue weighted by atomic mass is 35.5. The minimum atomic E-state index is -0.506. The van der Waals surface area contributed by atoms with Crippen molar-refractivity contribution in [3.05, 3.63) is 36.2 Å². The van der Waals surface area contributed by atoms with Gasteiger partial charge in [-0.3, -0.25) is 9.48 Å². The van der Waals surface area contributed by atoms with Gasteiger partial charge in [0.1, 0.15) is 12.6 Å². The van der Waals surface area contributed by atoms with Crippen LogP contribution in [0, 0.1) is 0 Å². The van der Waals surface area contributed by atoms with Crippen LogP contribution in [0.4, 0.5) is 5.69 Å². The third kappa shape index (κ3) is 5.62. The van der Waals surface area contributed by atoms with Gasteiger partial charge in [0.25, 0.3) is 0 Å². The number of halogens is 1. The third-order valence-electron chi connectivity index (χ3n) is 3.59. The standard InChI is InChI=1S/C17H24N4O4.ClH/c1-18-16(12-10-19-21(2)11-12)17(22)20-13-5-6-14(24-4)15(9-13)25-8-7-23-3;/h5-6,9-11,16,18H,7-8H2,1-4H3,(H,20,22);1H. The van der Waals surface area contributed by atoms with Crippen molar-refractivity contribution >= 4 is 24.0 Å². The van der Waals surface area contributed by atoms with Gasteiger partial charge in [0, 0.05) is 37.7 Å². The molecule has 0 radical (unpaired) electrons. The number of carbonyl (C=O) groups excluding carboxylic acids is 1. The Morgan fingerprint density at radius 1 is 1.27 bits per heavy atom. The van der Waals surface area contributed by atoms with Gasteiger partial charge in [-0.15, -0.1) is 12.4 Å². The summed E-state index contributed by atoms with van der Waals surface area (Å²) in [6, 6.07) is 4.72. The molecule has 8 nitrogen and oxygen atoms in total. The van der Waals surface area contributed by atoms with Gasteiger partial charge in [-0.2, -0.15) is 5.10 Å². The first-order valence-electron chi connectivity index (χ1n) is 7.85. The van der Waals surface area contributed by atoms with Crippen LogP contribution in [-0.2, 0) is 16.6 Å². The summed E-state index contributed by atoms with van der Waals surface area (Å²) in [6.07, 6.45) is 3.46. The van der Waals surface area contributed by atoms with E-state index in [1.807, 2.05) is 0 Å². The molecule has 0 saturated carbocycles. The molecule has 1 unspecified atom stereocenters. The number of anilines is 1. The molecule has 0 saturated heterocycles. The van der Waals surface area contributed by atoms with Gasteiger partial charge in [0.05, 0.1) is 19.9 Å². The Morgan fingerprint density at radius 3 is 2.62 bits per heavy atom. The molecule has 1 heterocycles. The molecule has 0 aliphatic carbocycles. The van der Waals surface area contributed by atoms with E-state index in [1.54, 1.807) is 63.6 Å². The van der Waals surface area contributed by atoms with Crippen LogP contribution in [-0.4, -0.2) is 50.2 Å². The molecule has 1 amide bonds. The van der Waals surface area contributed by atoms with E-state index in [9.17, 15) is 4.79 Å². The molecule has 2 N–H and O–H groups in total. The number of rotatable bonds is 9. The predicted molar refractivity (Wildman–Crippen MR) is 101 cm³/mol. The van der Waals surface area contributed by atoms with E-state index in [0.717, 1.165) is 5.56 Å². The lowest BCUT2D eigenvalue weighted by Crippen LogP contribution is -2.30. The minimum absolute atomic E-state index is 0. The van der Waals surface area contributed by atoms with E-state index in [-0.39, 0.29) is 18.3 Å². The minimum Gasteiger partial charge on any atom is -0.493 e. The summed E-state index contributed by atoms with van der Waals surface area (Å²) in [5, 5.41) is 9.97. The second-order valence-electron chi connectivity index (χ2n) is 5.37. The van der Waals surface area contributed by atoms with Crippen molar-refractivity contribution in [2.24, 2.45) is 7.05 Å². The summed E-state index contributed by atoms with van der Waals surface area (Å²) in [5.41, 5.74) is 1.40. The van der Waals surface area contributed by atoms with Gasteiger partial charge in [0.2, 0.25) is 5.91 Å².